The Kier molecular flexibility index (Phi) is 8.09. The number of hydrogen-bond acceptors (Lipinski definition) is 3. The number of ether oxygens (including phenoxy) is 1. The molecule has 3 aromatic rings. The summed E-state index contributed by atoms with van der Waals surface area (Å²) in [5.74, 6) is 1.85. The van der Waals surface area contributed by atoms with Gasteiger partial charge in [-0.1, -0.05) is 78.7 Å². The largest absolute Gasteiger partial charge is 0.487 e. The first kappa shape index (κ1) is 26.1. The molecule has 0 radical (unpaired) electrons. The Balaban J connectivity index is 1.13. The highest BCUT2D eigenvalue weighted by atomic mass is 35.5. The fourth-order valence-corrected chi connectivity index (χ4v) is 6.08. The Bertz CT molecular complexity index is 1280. The average molecular weight is 537 g/mol. The summed E-state index contributed by atoms with van der Waals surface area (Å²) in [6.07, 6.45) is 15.3. The van der Waals surface area contributed by atoms with E-state index in [4.69, 9.17) is 27.9 Å². The van der Waals surface area contributed by atoms with Gasteiger partial charge in [0.25, 0.3) is 0 Å². The molecule has 1 aliphatic carbocycles. The van der Waals surface area contributed by atoms with Gasteiger partial charge < -0.3 is 14.2 Å². The van der Waals surface area contributed by atoms with Crippen LogP contribution in [0.25, 0.3) is 0 Å². The molecule has 2 aliphatic rings. The van der Waals surface area contributed by atoms with Crippen LogP contribution in [-0.4, -0.2) is 34.1 Å². The van der Waals surface area contributed by atoms with E-state index in [0.29, 0.717) is 34.2 Å². The molecular formula is C31H35Cl2N3O. The maximum Gasteiger partial charge on any atom is 0.138 e. The van der Waals surface area contributed by atoms with Gasteiger partial charge in [-0.25, -0.2) is 4.98 Å². The molecule has 4 nitrogen and oxygen atoms in total. The van der Waals surface area contributed by atoms with Gasteiger partial charge in [-0.3, -0.25) is 0 Å². The summed E-state index contributed by atoms with van der Waals surface area (Å²) in [5.41, 5.74) is 3.94. The minimum atomic E-state index is 0.105. The quantitative estimate of drug-likeness (QED) is 0.273. The van der Waals surface area contributed by atoms with Crippen molar-refractivity contribution in [3.05, 3.63) is 106 Å². The van der Waals surface area contributed by atoms with Gasteiger partial charge in [-0.05, 0) is 66.3 Å². The minimum absolute atomic E-state index is 0.105. The van der Waals surface area contributed by atoms with Gasteiger partial charge in [0, 0.05) is 43.1 Å². The van der Waals surface area contributed by atoms with Crippen molar-refractivity contribution in [2.24, 2.45) is 17.3 Å². The van der Waals surface area contributed by atoms with Crippen LogP contribution in [0.15, 0.2) is 79.3 Å². The molecule has 2 unspecified atom stereocenters. The molecule has 1 fully saturated rings. The highest BCUT2D eigenvalue weighted by Crippen LogP contribution is 2.38. The predicted molar refractivity (Wildman–Crippen MR) is 152 cm³/mol. The number of nitrogens with zero attached hydrogens (tertiary/aromatic N) is 3. The van der Waals surface area contributed by atoms with Gasteiger partial charge in [0.15, 0.2) is 0 Å². The Morgan fingerprint density at radius 2 is 1.92 bits per heavy atom. The number of rotatable bonds is 10. The number of likely N-dealkylation sites (tertiary alicyclic amines) is 1. The van der Waals surface area contributed by atoms with Crippen LogP contribution < -0.4 is 4.74 Å². The third kappa shape index (κ3) is 6.31. The summed E-state index contributed by atoms with van der Waals surface area (Å²) in [5, 5.41) is 1.15. The first-order chi connectivity index (χ1) is 17.9. The number of halogens is 2. The van der Waals surface area contributed by atoms with Crippen LogP contribution >= 0.6 is 23.2 Å². The zero-order chi connectivity index (χ0) is 25.8. The van der Waals surface area contributed by atoms with Gasteiger partial charge in [0.05, 0.1) is 11.3 Å². The number of aryl methyl sites for hydroxylation is 1. The molecule has 1 aliphatic heterocycles. The summed E-state index contributed by atoms with van der Waals surface area (Å²) in [4.78, 5) is 7.00. The molecule has 2 atom stereocenters. The van der Waals surface area contributed by atoms with Crippen molar-refractivity contribution in [3.8, 4) is 5.75 Å². The summed E-state index contributed by atoms with van der Waals surface area (Å²) in [7, 11) is 0. The number of hydrogen-bond donors (Lipinski definition) is 0. The summed E-state index contributed by atoms with van der Waals surface area (Å²) < 4.78 is 8.20. The molecular weight excluding hydrogens is 501 g/mol. The van der Waals surface area contributed by atoms with Gasteiger partial charge in [0.1, 0.15) is 12.4 Å². The Hall–Kier alpha value is -2.53. The minimum Gasteiger partial charge on any atom is -0.487 e. The van der Waals surface area contributed by atoms with Crippen LogP contribution in [0.1, 0.15) is 30.7 Å². The van der Waals surface area contributed by atoms with E-state index in [-0.39, 0.29) is 5.41 Å². The van der Waals surface area contributed by atoms with Crippen molar-refractivity contribution in [2.75, 3.05) is 19.6 Å². The monoisotopic (exact) mass is 535 g/mol. The highest BCUT2D eigenvalue weighted by Gasteiger charge is 2.36. The van der Waals surface area contributed by atoms with Gasteiger partial charge in [-0.2, -0.15) is 0 Å². The molecule has 5 rings (SSSR count). The van der Waals surface area contributed by atoms with Crippen LogP contribution in [0.2, 0.25) is 10.0 Å². The van der Waals surface area contributed by atoms with Crippen molar-refractivity contribution in [2.45, 2.75) is 39.8 Å². The molecule has 0 amide bonds. The predicted octanol–water partition coefficient (Wildman–Crippen LogP) is 7.25. The molecule has 194 valence electrons. The van der Waals surface area contributed by atoms with Crippen molar-refractivity contribution in [1.29, 1.82) is 0 Å². The molecule has 2 heterocycles. The second-order valence-electron chi connectivity index (χ2n) is 10.7. The van der Waals surface area contributed by atoms with E-state index < -0.39 is 0 Å². The fraction of sp³-hybridized carbons (Fsp3) is 0.387. The van der Waals surface area contributed by atoms with Crippen LogP contribution in [0.4, 0.5) is 0 Å². The first-order valence-electron chi connectivity index (χ1n) is 13.1. The van der Waals surface area contributed by atoms with E-state index in [1.807, 2.05) is 18.6 Å². The molecule has 0 N–H and O–H groups in total. The molecule has 0 saturated carbocycles. The van der Waals surface area contributed by atoms with Gasteiger partial charge in [-0.15, -0.1) is 0 Å². The molecule has 0 spiro atoms. The topological polar surface area (TPSA) is 30.3 Å². The van der Waals surface area contributed by atoms with E-state index >= 15 is 0 Å². The third-order valence-electron chi connectivity index (χ3n) is 7.77. The zero-order valence-electron chi connectivity index (χ0n) is 21.6. The maximum atomic E-state index is 6.25. The first-order valence-corrected chi connectivity index (χ1v) is 13.9. The second kappa shape index (κ2) is 11.5. The van der Waals surface area contributed by atoms with Crippen molar-refractivity contribution >= 4 is 23.2 Å². The van der Waals surface area contributed by atoms with Crippen molar-refractivity contribution < 1.29 is 4.74 Å². The normalized spacial score (nSPS) is 21.8. The van der Waals surface area contributed by atoms with E-state index in [1.165, 1.54) is 11.3 Å². The van der Waals surface area contributed by atoms with Crippen LogP contribution in [0.5, 0.6) is 5.75 Å². The lowest BCUT2D eigenvalue weighted by Crippen LogP contribution is -2.51. The van der Waals surface area contributed by atoms with E-state index in [1.54, 1.807) is 12.1 Å². The molecule has 2 aromatic carbocycles. The van der Waals surface area contributed by atoms with Crippen molar-refractivity contribution in [1.82, 2.24) is 14.5 Å². The molecule has 37 heavy (non-hydrogen) atoms. The number of allylic oxidation sites excluding steroid dienone is 3. The van der Waals surface area contributed by atoms with Crippen LogP contribution in [0, 0.1) is 17.3 Å². The summed E-state index contributed by atoms with van der Waals surface area (Å²) in [6.45, 7) is 9.43. The zero-order valence-corrected chi connectivity index (χ0v) is 23.1. The Morgan fingerprint density at radius 1 is 1.08 bits per heavy atom. The third-order valence-corrected chi connectivity index (χ3v) is 8.30. The lowest BCUT2D eigenvalue weighted by molar-refractivity contribution is 0.0688. The fourth-order valence-electron chi connectivity index (χ4n) is 5.61. The highest BCUT2D eigenvalue weighted by molar-refractivity contribution is 6.35. The lowest BCUT2D eigenvalue weighted by Gasteiger charge is -2.45. The lowest BCUT2D eigenvalue weighted by atomic mass is 9.70. The number of benzene rings is 2. The number of imidazole rings is 1. The van der Waals surface area contributed by atoms with E-state index in [2.05, 4.69) is 76.9 Å². The molecule has 1 aromatic heterocycles. The van der Waals surface area contributed by atoms with Crippen LogP contribution in [-0.2, 0) is 26.0 Å². The second-order valence-corrected chi connectivity index (χ2v) is 11.5. The van der Waals surface area contributed by atoms with Crippen molar-refractivity contribution in [3.63, 3.8) is 0 Å². The smallest absolute Gasteiger partial charge is 0.138 e. The van der Waals surface area contributed by atoms with E-state index in [0.717, 1.165) is 44.6 Å². The maximum absolute atomic E-state index is 6.25. The van der Waals surface area contributed by atoms with Crippen LogP contribution in [0.3, 0.4) is 0 Å². The standard InChI is InChI=1S/C31H35Cl2N3O/c1-3-36-22-34-17-28(36)16-31(2)12-5-4-9-26(31)20-35-18-25(19-35)14-23-7-6-8-24(13-23)21-37-30-11-10-27(32)15-29(30)33/h4-13,15,17,22,25-26H,3,14,16,18-21H2,1-2H3. The SMILES string of the molecule is CCn1cncc1CC1(C)C=CC=CC1CN1CC(Cc2cccc(COc3ccc(Cl)cc3Cl)c2)C1. The average Bonchev–Trinajstić information content (AvgIpc) is 3.30. The summed E-state index contributed by atoms with van der Waals surface area (Å²) in [6, 6.07) is 14.0. The molecule has 6 heteroatoms. The molecule has 1 saturated heterocycles. The summed E-state index contributed by atoms with van der Waals surface area (Å²) >= 11 is 12.2. The Labute approximate surface area is 230 Å². The van der Waals surface area contributed by atoms with Gasteiger partial charge >= 0.3 is 0 Å². The molecule has 0 bridgehead atoms. The Morgan fingerprint density at radius 3 is 2.73 bits per heavy atom. The van der Waals surface area contributed by atoms with Gasteiger partial charge in [0.2, 0.25) is 0 Å². The number of aromatic nitrogens is 2. The van der Waals surface area contributed by atoms with E-state index in [9.17, 15) is 0 Å².